The second-order valence-electron chi connectivity index (χ2n) is 1.44. The third-order valence-electron chi connectivity index (χ3n) is 0.841. The third-order valence-corrected chi connectivity index (χ3v) is 1.64. The van der Waals surface area contributed by atoms with Crippen molar-refractivity contribution in [2.45, 2.75) is 6.92 Å². The molecule has 0 aliphatic carbocycles. The molecule has 0 spiro atoms. The first-order chi connectivity index (χ1) is 3.84. The van der Waals surface area contributed by atoms with Gasteiger partial charge >= 0.3 is 0 Å². The highest BCUT2D eigenvalue weighted by Gasteiger charge is 1.96. The minimum Gasteiger partial charge on any atom is -0.284 e. The maximum atomic E-state index is 9.93. The molecule has 1 heterocycles. The van der Waals surface area contributed by atoms with Crippen molar-refractivity contribution in [1.29, 1.82) is 0 Å². The number of rotatable bonds is 1. The Morgan fingerprint density at radius 2 is 2.62 bits per heavy atom. The molecular formula is C5H4NOS. The third kappa shape index (κ3) is 0.767. The van der Waals surface area contributed by atoms with Crippen molar-refractivity contribution in [3.05, 3.63) is 16.6 Å². The van der Waals surface area contributed by atoms with Gasteiger partial charge in [-0.25, -0.2) is 4.37 Å². The van der Waals surface area contributed by atoms with E-state index in [0.717, 1.165) is 5.56 Å². The number of aromatic nitrogens is 1. The van der Waals surface area contributed by atoms with Crippen LogP contribution in [0.5, 0.6) is 0 Å². The van der Waals surface area contributed by atoms with Crippen LogP contribution >= 0.6 is 11.5 Å². The van der Waals surface area contributed by atoms with E-state index >= 15 is 0 Å². The molecule has 0 N–H and O–H groups in total. The van der Waals surface area contributed by atoms with E-state index in [-0.39, 0.29) is 0 Å². The van der Waals surface area contributed by atoms with Gasteiger partial charge in [0.25, 0.3) is 0 Å². The number of carbonyl (C=O) groups excluding carboxylic acids is 1. The summed E-state index contributed by atoms with van der Waals surface area (Å²) in [5.41, 5.74) is 0.907. The molecule has 3 heteroatoms. The summed E-state index contributed by atoms with van der Waals surface area (Å²) >= 11 is 1.18. The van der Waals surface area contributed by atoms with E-state index in [1.807, 2.05) is 6.92 Å². The summed E-state index contributed by atoms with van der Waals surface area (Å²) in [7, 11) is 0. The average Bonchev–Trinajstić information content (AvgIpc) is 2.14. The lowest BCUT2D eigenvalue weighted by molar-refractivity contribution is 0.563. The molecule has 0 fully saturated rings. The van der Waals surface area contributed by atoms with E-state index in [0.29, 0.717) is 4.88 Å². The fourth-order valence-corrected chi connectivity index (χ4v) is 0.938. The Kier molecular flexibility index (Phi) is 1.39. The largest absolute Gasteiger partial charge is 0.284 e. The molecule has 0 aromatic carbocycles. The molecule has 0 saturated heterocycles. The van der Waals surface area contributed by atoms with Crippen LogP contribution in [0.2, 0.25) is 0 Å². The second kappa shape index (κ2) is 2.05. The highest BCUT2D eigenvalue weighted by Crippen LogP contribution is 2.07. The predicted octanol–water partition coefficient (Wildman–Crippen LogP) is 0.909. The molecule has 1 aromatic heterocycles. The van der Waals surface area contributed by atoms with Gasteiger partial charge in [-0.15, -0.1) is 0 Å². The Labute approximate surface area is 51.3 Å². The lowest BCUT2D eigenvalue weighted by Gasteiger charge is -1.75. The van der Waals surface area contributed by atoms with Crippen LogP contribution < -0.4 is 0 Å². The first kappa shape index (κ1) is 5.44. The van der Waals surface area contributed by atoms with Gasteiger partial charge in [-0.05, 0) is 24.0 Å². The van der Waals surface area contributed by atoms with Crippen LogP contribution in [0.15, 0.2) is 6.20 Å². The lowest BCUT2D eigenvalue weighted by Crippen LogP contribution is -1.72. The minimum atomic E-state index is 0.602. The van der Waals surface area contributed by atoms with Gasteiger partial charge in [-0.1, -0.05) is 0 Å². The summed E-state index contributed by atoms with van der Waals surface area (Å²) in [6, 6.07) is 0. The molecule has 2 nitrogen and oxygen atoms in total. The van der Waals surface area contributed by atoms with Gasteiger partial charge in [-0.2, -0.15) is 0 Å². The van der Waals surface area contributed by atoms with Crippen LogP contribution in [0.1, 0.15) is 10.4 Å². The fraction of sp³-hybridized carbons (Fsp3) is 0.200. The van der Waals surface area contributed by atoms with Gasteiger partial charge in [0.15, 0.2) is 0 Å². The van der Waals surface area contributed by atoms with Gasteiger partial charge in [0.1, 0.15) is 4.88 Å². The van der Waals surface area contributed by atoms with E-state index in [9.17, 15) is 4.79 Å². The predicted molar refractivity (Wildman–Crippen MR) is 31.6 cm³/mol. The van der Waals surface area contributed by atoms with Crippen LogP contribution in [-0.2, 0) is 4.79 Å². The smallest absolute Gasteiger partial charge is 0.246 e. The van der Waals surface area contributed by atoms with Crippen molar-refractivity contribution >= 4 is 17.8 Å². The first-order valence-electron chi connectivity index (χ1n) is 2.14. The zero-order chi connectivity index (χ0) is 5.98. The highest BCUT2D eigenvalue weighted by atomic mass is 32.1. The van der Waals surface area contributed by atoms with E-state index < -0.39 is 0 Å². The summed E-state index contributed by atoms with van der Waals surface area (Å²) in [6.07, 6.45) is 3.44. The van der Waals surface area contributed by atoms with Crippen molar-refractivity contribution in [3.63, 3.8) is 0 Å². The van der Waals surface area contributed by atoms with Gasteiger partial charge in [0, 0.05) is 6.20 Å². The van der Waals surface area contributed by atoms with Crippen LogP contribution in [0.4, 0.5) is 0 Å². The molecule has 0 aliphatic heterocycles. The molecule has 1 radical (unpaired) electrons. The molecule has 41 valence electrons. The average molecular weight is 126 g/mol. The van der Waals surface area contributed by atoms with Crippen LogP contribution in [0.25, 0.3) is 0 Å². The fourth-order valence-electron chi connectivity index (χ4n) is 0.388. The Bertz CT molecular complexity index is 194. The molecule has 0 aliphatic rings. The minimum absolute atomic E-state index is 0.602. The molecule has 0 atom stereocenters. The number of hydrogen-bond acceptors (Lipinski definition) is 3. The molecular weight excluding hydrogens is 122 g/mol. The molecule has 0 saturated carbocycles. The summed E-state index contributed by atoms with van der Waals surface area (Å²) in [6.45, 7) is 1.84. The lowest BCUT2D eigenvalue weighted by atomic mass is 10.3. The van der Waals surface area contributed by atoms with Crippen molar-refractivity contribution in [1.82, 2.24) is 4.37 Å². The van der Waals surface area contributed by atoms with E-state index in [1.54, 1.807) is 12.5 Å². The number of hydrogen-bond donors (Lipinski definition) is 0. The Balaban J connectivity index is 3.09. The number of aryl methyl sites for hydroxylation is 1. The van der Waals surface area contributed by atoms with E-state index in [1.165, 1.54) is 11.5 Å². The maximum Gasteiger partial charge on any atom is 0.246 e. The summed E-state index contributed by atoms with van der Waals surface area (Å²) in [5.74, 6) is 0. The molecule has 1 rings (SSSR count). The summed E-state index contributed by atoms with van der Waals surface area (Å²) < 4.78 is 3.77. The maximum absolute atomic E-state index is 9.93. The topological polar surface area (TPSA) is 30.0 Å². The van der Waals surface area contributed by atoms with Crippen molar-refractivity contribution in [3.8, 4) is 0 Å². The van der Waals surface area contributed by atoms with Gasteiger partial charge < -0.3 is 0 Å². The molecule has 8 heavy (non-hydrogen) atoms. The second-order valence-corrected chi connectivity index (χ2v) is 2.24. The summed E-state index contributed by atoms with van der Waals surface area (Å²) in [5, 5.41) is 0. The SMILES string of the molecule is Cc1cnsc1[C]=O. The van der Waals surface area contributed by atoms with Gasteiger partial charge in [0.05, 0.1) is 0 Å². The molecule has 0 unspecified atom stereocenters. The Morgan fingerprint density at radius 1 is 1.88 bits per heavy atom. The molecule has 0 bridgehead atoms. The van der Waals surface area contributed by atoms with Crippen LogP contribution in [0.3, 0.4) is 0 Å². The molecule has 1 aromatic rings. The van der Waals surface area contributed by atoms with Gasteiger partial charge in [-0.3, -0.25) is 4.79 Å². The monoisotopic (exact) mass is 126 g/mol. The van der Waals surface area contributed by atoms with Crippen LogP contribution in [-0.4, -0.2) is 10.7 Å². The van der Waals surface area contributed by atoms with Crippen molar-refractivity contribution in [2.24, 2.45) is 0 Å². The van der Waals surface area contributed by atoms with Crippen molar-refractivity contribution < 1.29 is 4.79 Å². The summed E-state index contributed by atoms with van der Waals surface area (Å²) in [4.78, 5) is 10.5. The zero-order valence-electron chi connectivity index (χ0n) is 4.34. The van der Waals surface area contributed by atoms with Crippen LogP contribution in [0, 0.1) is 6.92 Å². The standard InChI is InChI=1S/C5H4NOS/c1-4-2-6-8-5(4)3-7/h2H,1H3. The van der Waals surface area contributed by atoms with E-state index in [4.69, 9.17) is 0 Å². The number of nitrogens with zero attached hydrogens (tertiary/aromatic N) is 1. The quantitative estimate of drug-likeness (QED) is 0.559. The zero-order valence-corrected chi connectivity index (χ0v) is 5.16. The first-order valence-corrected chi connectivity index (χ1v) is 2.91. The Morgan fingerprint density at radius 3 is 2.88 bits per heavy atom. The van der Waals surface area contributed by atoms with E-state index in [2.05, 4.69) is 4.37 Å². The van der Waals surface area contributed by atoms with Gasteiger partial charge in [0.2, 0.25) is 6.29 Å². The molecule has 0 amide bonds. The highest BCUT2D eigenvalue weighted by molar-refractivity contribution is 7.07. The normalized spacial score (nSPS) is 9.12. The Hall–Kier alpha value is -0.700. The van der Waals surface area contributed by atoms with Crippen molar-refractivity contribution in [2.75, 3.05) is 0 Å².